The average Bonchev–Trinajstić information content (AvgIpc) is 2.57. The zero-order chi connectivity index (χ0) is 19.1. The number of benzene rings is 2. The van der Waals surface area contributed by atoms with E-state index in [0.717, 1.165) is 23.0 Å². The minimum Gasteiger partial charge on any atom is -0.268 e. The Hall–Kier alpha value is -2.68. The molecule has 0 aliphatic heterocycles. The van der Waals surface area contributed by atoms with Gasteiger partial charge in [-0.2, -0.15) is 13.2 Å². The van der Waals surface area contributed by atoms with E-state index in [-0.39, 0.29) is 10.9 Å². The molecule has 0 bridgehead atoms. The summed E-state index contributed by atoms with van der Waals surface area (Å²) in [5.41, 5.74) is -1.06. The number of hydrogen-bond donors (Lipinski definition) is 0. The number of aromatic nitrogens is 2. The van der Waals surface area contributed by atoms with Crippen molar-refractivity contribution in [2.24, 2.45) is 0 Å². The normalized spacial score (nSPS) is 13.0. The maximum absolute atomic E-state index is 14.4. The summed E-state index contributed by atoms with van der Waals surface area (Å²) in [6.45, 7) is 1.28. The van der Waals surface area contributed by atoms with Crippen LogP contribution in [0.2, 0.25) is 0 Å². The Morgan fingerprint density at radius 3 is 2.54 bits per heavy atom. The van der Waals surface area contributed by atoms with Crippen molar-refractivity contribution in [3.05, 3.63) is 70.0 Å². The van der Waals surface area contributed by atoms with Crippen molar-refractivity contribution in [3.63, 3.8) is 0 Å². The SMILES string of the molecule is Cc1cc(F)c(-n2cnc3ccccc3c2=O)cc1C([S+]=O)C(F)(F)F. The summed E-state index contributed by atoms with van der Waals surface area (Å²) in [6.07, 6.45) is -3.76. The van der Waals surface area contributed by atoms with Crippen LogP contribution >= 0.6 is 0 Å². The molecule has 0 aliphatic rings. The number of nitrogens with zero attached hydrogens (tertiary/aromatic N) is 2. The Balaban J connectivity index is 2.27. The molecule has 0 aliphatic carbocycles. The first-order valence-electron chi connectivity index (χ1n) is 7.36. The quantitative estimate of drug-likeness (QED) is 0.510. The van der Waals surface area contributed by atoms with Gasteiger partial charge in [-0.05, 0) is 36.8 Å². The number of para-hydroxylation sites is 1. The van der Waals surface area contributed by atoms with Crippen molar-refractivity contribution >= 4 is 22.6 Å². The van der Waals surface area contributed by atoms with E-state index in [1.807, 2.05) is 0 Å². The third-order valence-electron chi connectivity index (χ3n) is 3.94. The zero-order valence-corrected chi connectivity index (χ0v) is 14.1. The zero-order valence-electron chi connectivity index (χ0n) is 13.2. The van der Waals surface area contributed by atoms with Gasteiger partial charge in [0.25, 0.3) is 5.56 Å². The highest BCUT2D eigenvalue weighted by atomic mass is 32.1. The van der Waals surface area contributed by atoms with E-state index in [0.29, 0.717) is 5.52 Å². The van der Waals surface area contributed by atoms with Gasteiger partial charge in [0.05, 0.1) is 16.6 Å². The lowest BCUT2D eigenvalue weighted by Crippen LogP contribution is -2.23. The number of fused-ring (bicyclic) bond motifs is 1. The predicted molar refractivity (Wildman–Crippen MR) is 88.9 cm³/mol. The summed E-state index contributed by atoms with van der Waals surface area (Å²) in [4.78, 5) is 16.6. The van der Waals surface area contributed by atoms with Gasteiger partial charge < -0.3 is 0 Å². The van der Waals surface area contributed by atoms with Crippen LogP contribution in [0.15, 0.2) is 47.5 Å². The molecule has 0 spiro atoms. The Morgan fingerprint density at radius 1 is 1.19 bits per heavy atom. The van der Waals surface area contributed by atoms with Gasteiger partial charge in [0.15, 0.2) is 0 Å². The average molecular weight is 383 g/mol. The third-order valence-corrected chi connectivity index (χ3v) is 4.65. The van der Waals surface area contributed by atoms with Gasteiger partial charge in [0.2, 0.25) is 0 Å². The van der Waals surface area contributed by atoms with Gasteiger partial charge in [-0.1, -0.05) is 12.1 Å². The van der Waals surface area contributed by atoms with Gasteiger partial charge in [0.1, 0.15) is 12.1 Å². The lowest BCUT2D eigenvalue weighted by Gasteiger charge is -2.13. The van der Waals surface area contributed by atoms with Crippen molar-refractivity contribution < 1.29 is 21.8 Å². The minimum atomic E-state index is -4.81. The molecule has 26 heavy (non-hydrogen) atoms. The van der Waals surface area contributed by atoms with Gasteiger partial charge in [-0.25, -0.2) is 9.37 Å². The van der Waals surface area contributed by atoms with Crippen LogP contribution in [0.1, 0.15) is 16.4 Å². The van der Waals surface area contributed by atoms with E-state index in [1.54, 1.807) is 18.2 Å². The topological polar surface area (TPSA) is 52.0 Å². The maximum atomic E-state index is 14.4. The number of alkyl halides is 3. The molecule has 0 fully saturated rings. The molecule has 1 aromatic heterocycles. The maximum Gasteiger partial charge on any atom is 0.477 e. The molecule has 1 atom stereocenters. The monoisotopic (exact) mass is 383 g/mol. The fourth-order valence-corrected chi connectivity index (χ4v) is 3.13. The lowest BCUT2D eigenvalue weighted by atomic mass is 10.0. The van der Waals surface area contributed by atoms with Crippen LogP contribution < -0.4 is 5.56 Å². The molecule has 1 unspecified atom stereocenters. The van der Waals surface area contributed by atoms with Crippen LogP contribution in [0.4, 0.5) is 17.6 Å². The smallest absolute Gasteiger partial charge is 0.268 e. The van der Waals surface area contributed by atoms with E-state index in [9.17, 15) is 26.6 Å². The molecule has 3 aromatic rings. The van der Waals surface area contributed by atoms with Gasteiger partial charge in [-0.15, -0.1) is 0 Å². The van der Waals surface area contributed by atoms with E-state index >= 15 is 0 Å². The fourth-order valence-electron chi connectivity index (χ4n) is 2.67. The first-order chi connectivity index (χ1) is 12.2. The third kappa shape index (κ3) is 3.10. The van der Waals surface area contributed by atoms with Crippen LogP contribution in [0.3, 0.4) is 0 Å². The van der Waals surface area contributed by atoms with Crippen LogP contribution in [0, 0.1) is 12.7 Å². The Morgan fingerprint density at radius 2 is 1.88 bits per heavy atom. The largest absolute Gasteiger partial charge is 0.477 e. The molecule has 1 heterocycles. The molecule has 0 N–H and O–H groups in total. The van der Waals surface area contributed by atoms with E-state index in [4.69, 9.17) is 0 Å². The Bertz CT molecular complexity index is 1060. The summed E-state index contributed by atoms with van der Waals surface area (Å²) in [7, 11) is 0. The first-order valence-corrected chi connectivity index (χ1v) is 8.16. The highest BCUT2D eigenvalue weighted by Crippen LogP contribution is 2.37. The van der Waals surface area contributed by atoms with E-state index in [2.05, 4.69) is 4.98 Å². The highest BCUT2D eigenvalue weighted by molar-refractivity contribution is 7.66. The molecule has 0 radical (unpaired) electrons. The van der Waals surface area contributed by atoms with Crippen LogP contribution in [-0.2, 0) is 15.9 Å². The molecular weight excluding hydrogens is 372 g/mol. The second-order valence-electron chi connectivity index (χ2n) is 5.61. The predicted octanol–water partition coefficient (Wildman–Crippen LogP) is 3.86. The van der Waals surface area contributed by atoms with Gasteiger partial charge in [-0.3, -0.25) is 9.36 Å². The molecule has 3 rings (SSSR count). The molecule has 4 nitrogen and oxygen atoms in total. The molecular formula is C17H11F4N2O2S+. The Kier molecular flexibility index (Phi) is 4.57. The second-order valence-corrected chi connectivity index (χ2v) is 6.28. The van der Waals surface area contributed by atoms with Crippen molar-refractivity contribution in [2.45, 2.75) is 18.3 Å². The molecule has 0 amide bonds. The lowest BCUT2D eigenvalue weighted by molar-refractivity contribution is -0.130. The summed E-state index contributed by atoms with van der Waals surface area (Å²) >= 11 is -0.640. The molecule has 134 valence electrons. The van der Waals surface area contributed by atoms with Gasteiger partial charge >= 0.3 is 23.1 Å². The molecule has 9 heteroatoms. The first kappa shape index (κ1) is 18.1. The van der Waals surface area contributed by atoms with Crippen molar-refractivity contribution in [2.75, 3.05) is 0 Å². The van der Waals surface area contributed by atoms with E-state index in [1.165, 1.54) is 13.0 Å². The van der Waals surface area contributed by atoms with Crippen molar-refractivity contribution in [3.8, 4) is 5.69 Å². The molecule has 0 saturated carbocycles. The van der Waals surface area contributed by atoms with Crippen molar-refractivity contribution in [1.82, 2.24) is 9.55 Å². The van der Waals surface area contributed by atoms with E-state index < -0.39 is 45.7 Å². The second kappa shape index (κ2) is 6.56. The number of hydrogen-bond acceptors (Lipinski definition) is 3. The number of halogens is 4. The van der Waals surface area contributed by atoms with Crippen LogP contribution in [0.5, 0.6) is 0 Å². The van der Waals surface area contributed by atoms with Crippen LogP contribution in [-0.4, -0.2) is 15.7 Å². The number of rotatable bonds is 3. The standard InChI is InChI=1S/C17H11F4N2O2S/c1-9-6-12(18)14(7-11(9)15(26-25)17(19,20)21)23-8-22-13-5-3-2-4-10(13)16(23)24/h2-8,15H,1H3/q+1. The summed E-state index contributed by atoms with van der Waals surface area (Å²) in [6, 6.07) is 8.10. The number of aryl methyl sites for hydroxylation is 1. The fraction of sp³-hybridized carbons (Fsp3) is 0.176. The summed E-state index contributed by atoms with van der Waals surface area (Å²) in [5.74, 6) is -0.887. The summed E-state index contributed by atoms with van der Waals surface area (Å²) < 4.78 is 65.6. The van der Waals surface area contributed by atoms with Crippen molar-refractivity contribution in [1.29, 1.82) is 0 Å². The minimum absolute atomic E-state index is 0.0290. The molecule has 2 aromatic carbocycles. The highest BCUT2D eigenvalue weighted by Gasteiger charge is 2.52. The van der Waals surface area contributed by atoms with Crippen LogP contribution in [0.25, 0.3) is 16.6 Å². The summed E-state index contributed by atoms with van der Waals surface area (Å²) in [5, 5.41) is -2.17. The molecule has 0 saturated heterocycles. The van der Waals surface area contributed by atoms with Gasteiger partial charge in [0, 0.05) is 9.77 Å². The Labute approximate surface area is 148 Å².